The van der Waals surface area contributed by atoms with Crippen molar-refractivity contribution >= 4 is 5.97 Å². The Kier molecular flexibility index (Phi) is 4.52. The highest BCUT2D eigenvalue weighted by Crippen LogP contribution is 2.67. The van der Waals surface area contributed by atoms with E-state index in [1.54, 1.807) is 7.11 Å². The number of hydrogen-bond donors (Lipinski definition) is 1. The maximum absolute atomic E-state index is 12.1. The first-order chi connectivity index (χ1) is 11.7. The molecular formula is C21H31NO3. The number of ether oxygens (including phenoxy) is 1. The molecule has 3 rings (SSSR count). The van der Waals surface area contributed by atoms with E-state index < -0.39 is 11.4 Å². The smallest absolute Gasteiger partial charge is 0.309 e. The molecule has 0 bridgehead atoms. The van der Waals surface area contributed by atoms with Crippen LogP contribution in [0.3, 0.4) is 0 Å². The molecule has 3 aliphatic carbocycles. The van der Waals surface area contributed by atoms with Gasteiger partial charge in [0.1, 0.15) is 0 Å². The third-order valence-electron chi connectivity index (χ3n) is 8.02. The molecule has 25 heavy (non-hydrogen) atoms. The molecule has 3 aliphatic rings. The number of allylic oxidation sites excluding steroid dienone is 1. The van der Waals surface area contributed by atoms with E-state index in [4.69, 9.17) is 4.74 Å². The molecule has 4 heteroatoms. The van der Waals surface area contributed by atoms with Gasteiger partial charge in [-0.15, -0.1) is 0 Å². The summed E-state index contributed by atoms with van der Waals surface area (Å²) >= 11 is 0. The van der Waals surface area contributed by atoms with Crippen molar-refractivity contribution in [2.45, 2.75) is 71.8 Å². The number of carboxylic acids is 1. The maximum Gasteiger partial charge on any atom is 0.309 e. The molecule has 0 aromatic rings. The van der Waals surface area contributed by atoms with E-state index in [2.05, 4.69) is 26.0 Å². The van der Waals surface area contributed by atoms with E-state index in [1.165, 1.54) is 5.57 Å². The lowest BCUT2D eigenvalue weighted by molar-refractivity contribution is -0.177. The molecule has 0 saturated heterocycles. The number of carbonyl (C=O) groups is 1. The number of fused-ring (bicyclic) bond motifs is 3. The van der Waals surface area contributed by atoms with E-state index in [9.17, 15) is 15.2 Å². The fraction of sp³-hybridized carbons (Fsp3) is 0.810. The van der Waals surface area contributed by atoms with E-state index in [0.717, 1.165) is 38.5 Å². The van der Waals surface area contributed by atoms with Crippen molar-refractivity contribution in [2.75, 3.05) is 7.11 Å². The SMILES string of the molecule is CO[C@H]1C[C@@H]2[C@@](CC#N)(C=C1C)CC[C@H]1[C@@]2(C)CCC[C@@]1(C)C(=O)O. The number of hydrogen-bond acceptors (Lipinski definition) is 3. The van der Waals surface area contributed by atoms with E-state index >= 15 is 0 Å². The van der Waals surface area contributed by atoms with Gasteiger partial charge in [-0.3, -0.25) is 4.79 Å². The number of nitrogens with zero attached hydrogens (tertiary/aromatic N) is 1. The molecule has 0 spiro atoms. The van der Waals surface area contributed by atoms with Gasteiger partial charge in [0.2, 0.25) is 0 Å². The number of carboxylic acid groups (broad SMARTS) is 1. The van der Waals surface area contributed by atoms with Gasteiger partial charge in [0, 0.05) is 18.9 Å². The Morgan fingerprint density at radius 1 is 1.36 bits per heavy atom. The van der Waals surface area contributed by atoms with Gasteiger partial charge in [-0.2, -0.15) is 5.26 Å². The molecule has 0 radical (unpaired) electrons. The van der Waals surface area contributed by atoms with Gasteiger partial charge in [0.05, 0.1) is 17.6 Å². The van der Waals surface area contributed by atoms with E-state index in [-0.39, 0.29) is 22.9 Å². The molecule has 0 aromatic carbocycles. The van der Waals surface area contributed by atoms with Gasteiger partial charge in [-0.25, -0.2) is 0 Å². The second-order valence-electron chi connectivity index (χ2n) is 9.14. The minimum absolute atomic E-state index is 0.0472. The Bertz CT molecular complexity index is 636. The fourth-order valence-electron chi connectivity index (χ4n) is 6.79. The Morgan fingerprint density at radius 3 is 2.68 bits per heavy atom. The van der Waals surface area contributed by atoms with Crippen molar-refractivity contribution < 1.29 is 14.6 Å². The van der Waals surface area contributed by atoms with Crippen LogP contribution >= 0.6 is 0 Å². The molecule has 6 atom stereocenters. The molecule has 2 fully saturated rings. The molecule has 138 valence electrons. The molecular weight excluding hydrogens is 314 g/mol. The lowest BCUT2D eigenvalue weighted by Gasteiger charge is -2.63. The monoisotopic (exact) mass is 345 g/mol. The van der Waals surface area contributed by atoms with Crippen LogP contribution in [0.25, 0.3) is 0 Å². The zero-order chi connectivity index (χ0) is 18.5. The normalized spacial score (nSPS) is 46.4. The van der Waals surface area contributed by atoms with Crippen molar-refractivity contribution in [2.24, 2.45) is 28.1 Å². The first-order valence-corrected chi connectivity index (χ1v) is 9.56. The Morgan fingerprint density at radius 2 is 2.08 bits per heavy atom. The zero-order valence-electron chi connectivity index (χ0n) is 16.0. The van der Waals surface area contributed by atoms with Crippen LogP contribution in [0.4, 0.5) is 0 Å². The minimum atomic E-state index is -0.651. The van der Waals surface area contributed by atoms with Crippen LogP contribution in [0.15, 0.2) is 11.6 Å². The van der Waals surface area contributed by atoms with Crippen LogP contribution in [-0.4, -0.2) is 24.3 Å². The second-order valence-corrected chi connectivity index (χ2v) is 9.14. The number of methoxy groups -OCH3 is 1. The van der Waals surface area contributed by atoms with E-state index in [0.29, 0.717) is 12.3 Å². The summed E-state index contributed by atoms with van der Waals surface area (Å²) in [7, 11) is 1.75. The zero-order valence-corrected chi connectivity index (χ0v) is 16.0. The molecule has 0 amide bonds. The average Bonchev–Trinajstić information content (AvgIpc) is 2.54. The summed E-state index contributed by atoms with van der Waals surface area (Å²) in [5, 5.41) is 19.5. The highest BCUT2D eigenvalue weighted by Gasteiger charge is 2.63. The molecule has 2 saturated carbocycles. The van der Waals surface area contributed by atoms with Gasteiger partial charge in [-0.05, 0) is 68.8 Å². The maximum atomic E-state index is 12.1. The Labute approximate surface area is 151 Å². The molecule has 0 aromatic heterocycles. The molecule has 4 nitrogen and oxygen atoms in total. The summed E-state index contributed by atoms with van der Waals surface area (Å²) in [6, 6.07) is 2.44. The largest absolute Gasteiger partial charge is 0.481 e. The van der Waals surface area contributed by atoms with Crippen molar-refractivity contribution in [1.82, 2.24) is 0 Å². The van der Waals surface area contributed by atoms with Gasteiger partial charge in [0.25, 0.3) is 0 Å². The summed E-state index contributed by atoms with van der Waals surface area (Å²) in [6.45, 7) is 6.36. The third-order valence-corrected chi connectivity index (χ3v) is 8.02. The lowest BCUT2D eigenvalue weighted by Crippen LogP contribution is -2.59. The second kappa shape index (κ2) is 6.13. The molecule has 0 unspecified atom stereocenters. The summed E-state index contributed by atoms with van der Waals surface area (Å²) < 4.78 is 5.73. The van der Waals surface area contributed by atoms with Crippen LogP contribution in [0.5, 0.6) is 0 Å². The van der Waals surface area contributed by atoms with Crippen molar-refractivity contribution in [3.8, 4) is 6.07 Å². The van der Waals surface area contributed by atoms with Crippen LogP contribution in [0.2, 0.25) is 0 Å². The molecule has 0 aliphatic heterocycles. The van der Waals surface area contributed by atoms with Gasteiger partial charge < -0.3 is 9.84 Å². The van der Waals surface area contributed by atoms with Crippen LogP contribution < -0.4 is 0 Å². The Hall–Kier alpha value is -1.34. The average molecular weight is 345 g/mol. The summed E-state index contributed by atoms with van der Waals surface area (Å²) in [5.74, 6) is -0.166. The topological polar surface area (TPSA) is 70.3 Å². The molecule has 1 N–H and O–H groups in total. The minimum Gasteiger partial charge on any atom is -0.481 e. The third kappa shape index (κ3) is 2.54. The first-order valence-electron chi connectivity index (χ1n) is 9.56. The highest BCUT2D eigenvalue weighted by atomic mass is 16.5. The van der Waals surface area contributed by atoms with Crippen LogP contribution in [0.1, 0.15) is 65.7 Å². The molecule has 0 heterocycles. The van der Waals surface area contributed by atoms with Gasteiger partial charge in [0.15, 0.2) is 0 Å². The van der Waals surface area contributed by atoms with Crippen molar-refractivity contribution in [3.63, 3.8) is 0 Å². The van der Waals surface area contributed by atoms with Crippen LogP contribution in [0, 0.1) is 39.4 Å². The fourth-order valence-corrected chi connectivity index (χ4v) is 6.79. The number of rotatable bonds is 3. The van der Waals surface area contributed by atoms with E-state index in [1.807, 2.05) is 6.92 Å². The van der Waals surface area contributed by atoms with Gasteiger partial charge >= 0.3 is 5.97 Å². The number of nitriles is 1. The highest BCUT2D eigenvalue weighted by molar-refractivity contribution is 5.75. The van der Waals surface area contributed by atoms with Gasteiger partial charge in [-0.1, -0.05) is 19.4 Å². The van der Waals surface area contributed by atoms with Crippen molar-refractivity contribution in [1.29, 1.82) is 5.26 Å². The Balaban J connectivity index is 2.09. The summed E-state index contributed by atoms with van der Waals surface area (Å²) in [6.07, 6.45) is 8.43. The first kappa shape index (κ1) is 18.5. The lowest BCUT2D eigenvalue weighted by atomic mass is 9.40. The summed E-state index contributed by atoms with van der Waals surface area (Å²) in [5.41, 5.74) is 0.419. The number of aliphatic carboxylic acids is 1. The summed E-state index contributed by atoms with van der Waals surface area (Å²) in [4.78, 5) is 12.1. The quantitative estimate of drug-likeness (QED) is 0.761. The predicted octanol–water partition coefficient (Wildman–Crippen LogP) is 4.56. The van der Waals surface area contributed by atoms with Crippen LogP contribution in [-0.2, 0) is 9.53 Å². The predicted molar refractivity (Wildman–Crippen MR) is 95.7 cm³/mol. The standard InChI is InChI=1S/C21H31NO3/c1-14-13-21(10-11-22)9-6-16-19(2,17(21)12-15(14)25-4)7-5-8-20(16,3)18(23)24/h13,15-17H,5-10,12H2,1-4H3,(H,23,24)/t15-,16-,17-,19+,20+,21-/m0/s1. The van der Waals surface area contributed by atoms with Crippen molar-refractivity contribution in [3.05, 3.63) is 11.6 Å².